The van der Waals surface area contributed by atoms with Crippen LogP contribution in [0.5, 0.6) is 0 Å². The lowest BCUT2D eigenvalue weighted by Gasteiger charge is -2.02. The van der Waals surface area contributed by atoms with Crippen LogP contribution in [0.1, 0.15) is 10.4 Å². The normalized spacial score (nSPS) is 10.3. The summed E-state index contributed by atoms with van der Waals surface area (Å²) in [5, 5.41) is 14.6. The maximum absolute atomic E-state index is 12.0. The van der Waals surface area contributed by atoms with E-state index in [4.69, 9.17) is 23.2 Å². The van der Waals surface area contributed by atoms with Crippen molar-refractivity contribution in [3.05, 3.63) is 56.3 Å². The van der Waals surface area contributed by atoms with E-state index in [2.05, 4.69) is 5.10 Å². The Balaban J connectivity index is 2.38. The summed E-state index contributed by atoms with van der Waals surface area (Å²) in [4.78, 5) is 21.8. The van der Waals surface area contributed by atoms with Gasteiger partial charge in [-0.05, 0) is 18.2 Å². The van der Waals surface area contributed by atoms with Gasteiger partial charge in [0.1, 0.15) is 12.4 Å². The van der Waals surface area contributed by atoms with Gasteiger partial charge >= 0.3 is 5.69 Å². The maximum atomic E-state index is 12.0. The number of nitro groups is 1. The smallest absolute Gasteiger partial charge is 0.267 e. The maximum Gasteiger partial charge on any atom is 0.307 e. The van der Waals surface area contributed by atoms with Gasteiger partial charge in [-0.1, -0.05) is 23.2 Å². The highest BCUT2D eigenvalue weighted by Gasteiger charge is 2.17. The number of benzene rings is 1. The van der Waals surface area contributed by atoms with E-state index in [1.54, 1.807) is 0 Å². The van der Waals surface area contributed by atoms with E-state index >= 15 is 0 Å². The molecular weight excluding hydrogens is 281 g/mol. The number of carbonyl (C=O) groups is 1. The van der Waals surface area contributed by atoms with E-state index in [-0.39, 0.29) is 16.3 Å². The molecule has 8 heteroatoms. The molecule has 0 aliphatic rings. The second-order valence-electron chi connectivity index (χ2n) is 3.33. The van der Waals surface area contributed by atoms with Crippen LogP contribution in [0, 0.1) is 10.1 Å². The molecular formula is C10H5Cl2N3O3. The van der Waals surface area contributed by atoms with Gasteiger partial charge in [-0.3, -0.25) is 14.9 Å². The number of aromatic nitrogens is 2. The van der Waals surface area contributed by atoms with Gasteiger partial charge in [0.15, 0.2) is 0 Å². The summed E-state index contributed by atoms with van der Waals surface area (Å²) < 4.78 is 0.854. The molecule has 0 saturated heterocycles. The largest absolute Gasteiger partial charge is 0.307 e. The minimum Gasteiger partial charge on any atom is -0.267 e. The molecule has 2 rings (SSSR count). The van der Waals surface area contributed by atoms with Gasteiger partial charge < -0.3 is 0 Å². The number of halogens is 2. The molecule has 0 amide bonds. The first-order chi connectivity index (χ1) is 8.49. The highest BCUT2D eigenvalue weighted by molar-refractivity contribution is 6.36. The Kier molecular flexibility index (Phi) is 3.31. The van der Waals surface area contributed by atoms with Crippen molar-refractivity contribution in [2.24, 2.45) is 0 Å². The molecule has 2 aromatic rings. The first-order valence-corrected chi connectivity index (χ1v) is 5.43. The summed E-state index contributed by atoms with van der Waals surface area (Å²) in [6.07, 6.45) is 2.01. The van der Waals surface area contributed by atoms with Crippen molar-refractivity contribution in [3.8, 4) is 0 Å². The molecule has 18 heavy (non-hydrogen) atoms. The molecule has 0 fully saturated rings. The molecule has 0 saturated carbocycles. The molecule has 1 heterocycles. The third kappa shape index (κ3) is 2.34. The van der Waals surface area contributed by atoms with Gasteiger partial charge in [0.05, 0.1) is 15.5 Å². The van der Waals surface area contributed by atoms with Crippen molar-refractivity contribution < 1.29 is 9.72 Å². The van der Waals surface area contributed by atoms with Crippen LogP contribution in [0.2, 0.25) is 10.0 Å². The zero-order valence-corrected chi connectivity index (χ0v) is 10.2. The van der Waals surface area contributed by atoms with E-state index in [0.717, 1.165) is 17.1 Å². The zero-order chi connectivity index (χ0) is 13.3. The van der Waals surface area contributed by atoms with E-state index in [9.17, 15) is 14.9 Å². The number of hydrogen-bond acceptors (Lipinski definition) is 4. The lowest BCUT2D eigenvalue weighted by molar-refractivity contribution is -0.384. The second kappa shape index (κ2) is 4.75. The third-order valence-corrected chi connectivity index (χ3v) is 2.70. The Morgan fingerprint density at radius 3 is 2.67 bits per heavy atom. The third-order valence-electron chi connectivity index (χ3n) is 2.15. The van der Waals surface area contributed by atoms with E-state index in [0.29, 0.717) is 5.02 Å². The zero-order valence-electron chi connectivity index (χ0n) is 8.71. The molecule has 6 nitrogen and oxygen atoms in total. The number of rotatable bonds is 2. The van der Waals surface area contributed by atoms with Crippen LogP contribution in [0.25, 0.3) is 0 Å². The Bertz CT molecular complexity index is 639. The molecule has 1 aromatic heterocycles. The molecule has 0 bridgehead atoms. The number of carbonyl (C=O) groups excluding carboxylic acids is 1. The van der Waals surface area contributed by atoms with Crippen molar-refractivity contribution in [1.29, 1.82) is 0 Å². The number of nitrogens with zero attached hydrogens (tertiary/aromatic N) is 3. The van der Waals surface area contributed by atoms with Crippen LogP contribution < -0.4 is 0 Å². The molecule has 92 valence electrons. The average molecular weight is 286 g/mol. The summed E-state index contributed by atoms with van der Waals surface area (Å²) in [5.74, 6) is -0.565. The Morgan fingerprint density at radius 1 is 1.39 bits per heavy atom. The van der Waals surface area contributed by atoms with Crippen molar-refractivity contribution >= 4 is 34.8 Å². The summed E-state index contributed by atoms with van der Waals surface area (Å²) >= 11 is 11.6. The predicted molar refractivity (Wildman–Crippen MR) is 65.1 cm³/mol. The quantitative estimate of drug-likeness (QED) is 0.628. The summed E-state index contributed by atoms with van der Waals surface area (Å²) in [5.41, 5.74) is -0.104. The summed E-state index contributed by atoms with van der Waals surface area (Å²) in [6.45, 7) is 0. The van der Waals surface area contributed by atoms with Crippen LogP contribution >= 0.6 is 23.2 Å². The van der Waals surface area contributed by atoms with E-state index < -0.39 is 10.8 Å². The molecule has 0 radical (unpaired) electrons. The van der Waals surface area contributed by atoms with Crippen LogP contribution in [-0.4, -0.2) is 20.6 Å². The molecule has 0 spiro atoms. The van der Waals surface area contributed by atoms with Gasteiger partial charge in [-0.25, -0.2) is 0 Å². The van der Waals surface area contributed by atoms with Crippen molar-refractivity contribution in [2.45, 2.75) is 0 Å². The van der Waals surface area contributed by atoms with Crippen molar-refractivity contribution in [2.75, 3.05) is 0 Å². The Hall–Kier alpha value is -1.92. The highest BCUT2D eigenvalue weighted by atomic mass is 35.5. The molecule has 0 atom stereocenters. The van der Waals surface area contributed by atoms with Crippen LogP contribution in [0.4, 0.5) is 5.69 Å². The average Bonchev–Trinajstić information content (AvgIpc) is 2.77. The lowest BCUT2D eigenvalue weighted by Crippen LogP contribution is -2.12. The second-order valence-corrected chi connectivity index (χ2v) is 4.17. The topological polar surface area (TPSA) is 78.0 Å². The minimum atomic E-state index is -0.639. The minimum absolute atomic E-state index is 0.158. The number of hydrogen-bond donors (Lipinski definition) is 0. The van der Waals surface area contributed by atoms with E-state index in [1.807, 2.05) is 0 Å². The highest BCUT2D eigenvalue weighted by Crippen LogP contribution is 2.22. The first-order valence-electron chi connectivity index (χ1n) is 4.68. The molecule has 0 aliphatic heterocycles. The fraction of sp³-hybridized carbons (Fsp3) is 0. The predicted octanol–water partition coefficient (Wildman–Crippen LogP) is 2.79. The van der Waals surface area contributed by atoms with Gasteiger partial charge in [0, 0.05) is 5.02 Å². The summed E-state index contributed by atoms with van der Waals surface area (Å²) in [6, 6.07) is 4.34. The fourth-order valence-corrected chi connectivity index (χ4v) is 1.79. The van der Waals surface area contributed by atoms with Crippen molar-refractivity contribution in [3.63, 3.8) is 0 Å². The van der Waals surface area contributed by atoms with Crippen LogP contribution in [-0.2, 0) is 0 Å². The first kappa shape index (κ1) is 12.5. The van der Waals surface area contributed by atoms with Crippen LogP contribution in [0.3, 0.4) is 0 Å². The Labute approximate surface area is 111 Å². The molecule has 0 N–H and O–H groups in total. The monoisotopic (exact) mass is 285 g/mol. The van der Waals surface area contributed by atoms with Crippen molar-refractivity contribution in [1.82, 2.24) is 9.78 Å². The lowest BCUT2D eigenvalue weighted by atomic mass is 10.2. The SMILES string of the molecule is O=C(c1ccc(Cl)cc1Cl)n1cc([N+](=O)[O-])cn1. The van der Waals surface area contributed by atoms with Gasteiger partial charge in [0.25, 0.3) is 5.91 Å². The van der Waals surface area contributed by atoms with Gasteiger partial charge in [-0.2, -0.15) is 9.78 Å². The fourth-order valence-electron chi connectivity index (χ4n) is 1.30. The van der Waals surface area contributed by atoms with Gasteiger partial charge in [-0.15, -0.1) is 0 Å². The van der Waals surface area contributed by atoms with Gasteiger partial charge in [0.2, 0.25) is 0 Å². The molecule has 1 aromatic carbocycles. The molecule has 0 aliphatic carbocycles. The van der Waals surface area contributed by atoms with E-state index in [1.165, 1.54) is 18.2 Å². The summed E-state index contributed by atoms with van der Waals surface area (Å²) in [7, 11) is 0. The molecule has 0 unspecified atom stereocenters. The standard InChI is InChI=1S/C10H5Cl2N3O3/c11-6-1-2-8(9(12)3-6)10(16)14-5-7(4-13-14)15(17)18/h1-5H. The Morgan fingerprint density at radius 2 is 2.11 bits per heavy atom. The van der Waals surface area contributed by atoms with Crippen LogP contribution in [0.15, 0.2) is 30.6 Å².